The van der Waals surface area contributed by atoms with Crippen molar-refractivity contribution < 1.29 is 14.0 Å². The van der Waals surface area contributed by atoms with E-state index in [9.17, 15) is 14.0 Å². The maximum Gasteiger partial charge on any atom is 0.237 e. The Labute approximate surface area is 156 Å². The second-order valence-electron chi connectivity index (χ2n) is 6.31. The van der Waals surface area contributed by atoms with E-state index >= 15 is 0 Å². The van der Waals surface area contributed by atoms with E-state index in [1.807, 2.05) is 6.07 Å². The molecule has 0 heterocycles. The zero-order valence-corrected chi connectivity index (χ0v) is 15.2. The molecule has 0 atom stereocenters. The summed E-state index contributed by atoms with van der Waals surface area (Å²) >= 11 is 1.47. The minimum atomic E-state index is -0.476. The van der Waals surface area contributed by atoms with Crippen LogP contribution in [0.5, 0.6) is 0 Å². The number of hydrogen-bond donors (Lipinski definition) is 1. The van der Waals surface area contributed by atoms with E-state index in [1.54, 1.807) is 0 Å². The average Bonchev–Trinajstić information content (AvgIpc) is 3.09. The van der Waals surface area contributed by atoms with E-state index in [4.69, 9.17) is 5.73 Å². The van der Waals surface area contributed by atoms with Gasteiger partial charge in [0.05, 0.1) is 5.75 Å². The number of aryl methyl sites for hydroxylation is 2. The van der Waals surface area contributed by atoms with Crippen LogP contribution in [0.1, 0.15) is 24.0 Å². The molecule has 1 aliphatic rings. The lowest BCUT2D eigenvalue weighted by Gasteiger charge is -2.22. The van der Waals surface area contributed by atoms with Crippen molar-refractivity contribution in [3.8, 4) is 0 Å². The predicted molar refractivity (Wildman–Crippen MR) is 102 cm³/mol. The van der Waals surface area contributed by atoms with Crippen molar-refractivity contribution in [3.63, 3.8) is 0 Å². The molecule has 2 aromatic rings. The fourth-order valence-corrected chi connectivity index (χ4v) is 3.94. The highest BCUT2D eigenvalue weighted by molar-refractivity contribution is 8.00. The van der Waals surface area contributed by atoms with Crippen LogP contribution in [-0.2, 0) is 22.4 Å². The van der Waals surface area contributed by atoms with Crippen molar-refractivity contribution >= 4 is 29.3 Å². The first kappa shape index (κ1) is 18.5. The van der Waals surface area contributed by atoms with Gasteiger partial charge in [-0.15, -0.1) is 11.8 Å². The van der Waals surface area contributed by atoms with E-state index in [-0.39, 0.29) is 30.4 Å². The van der Waals surface area contributed by atoms with Gasteiger partial charge in [-0.3, -0.25) is 9.59 Å². The van der Waals surface area contributed by atoms with Gasteiger partial charge in [-0.2, -0.15) is 0 Å². The Balaban J connectivity index is 1.68. The molecule has 0 bridgehead atoms. The lowest BCUT2D eigenvalue weighted by molar-refractivity contribution is -0.118. The van der Waals surface area contributed by atoms with Crippen LogP contribution in [0, 0.1) is 5.82 Å². The molecule has 1 aliphatic carbocycles. The first-order valence-corrected chi connectivity index (χ1v) is 9.60. The summed E-state index contributed by atoms with van der Waals surface area (Å²) in [5.41, 5.74) is 8.55. The number of thioether (sulfide) groups is 1. The average molecular weight is 372 g/mol. The smallest absolute Gasteiger partial charge is 0.237 e. The Morgan fingerprint density at radius 2 is 1.81 bits per heavy atom. The minimum absolute atomic E-state index is 0.0621. The standard InChI is InChI=1S/C20H21FN2O2S/c21-16-5-7-17(8-6-16)23(11-10-19(22)24)20(25)13-26-18-9-4-14-2-1-3-15(14)12-18/h4-9,12H,1-3,10-11,13H2,(H2,22,24). The van der Waals surface area contributed by atoms with Crippen LogP contribution >= 0.6 is 11.8 Å². The van der Waals surface area contributed by atoms with Crippen molar-refractivity contribution in [2.45, 2.75) is 30.6 Å². The van der Waals surface area contributed by atoms with Crippen molar-refractivity contribution in [3.05, 3.63) is 59.4 Å². The highest BCUT2D eigenvalue weighted by Crippen LogP contribution is 2.28. The molecule has 4 nitrogen and oxygen atoms in total. The molecular formula is C20H21FN2O2S. The number of primary amides is 1. The third kappa shape index (κ3) is 4.64. The number of hydrogen-bond acceptors (Lipinski definition) is 3. The summed E-state index contributed by atoms with van der Waals surface area (Å²) in [4.78, 5) is 26.4. The monoisotopic (exact) mass is 372 g/mol. The summed E-state index contributed by atoms with van der Waals surface area (Å²) in [5, 5.41) is 0. The fraction of sp³-hybridized carbons (Fsp3) is 0.300. The number of rotatable bonds is 7. The first-order valence-electron chi connectivity index (χ1n) is 8.62. The predicted octanol–water partition coefficient (Wildman–Crippen LogP) is 3.32. The zero-order chi connectivity index (χ0) is 18.5. The maximum atomic E-state index is 13.2. The van der Waals surface area contributed by atoms with Gasteiger partial charge in [0.1, 0.15) is 5.82 Å². The van der Waals surface area contributed by atoms with Gasteiger partial charge in [-0.1, -0.05) is 6.07 Å². The normalized spacial score (nSPS) is 12.7. The molecule has 2 amide bonds. The second-order valence-corrected chi connectivity index (χ2v) is 7.36. The first-order chi connectivity index (χ1) is 12.5. The highest BCUT2D eigenvalue weighted by Gasteiger charge is 2.18. The quantitative estimate of drug-likeness (QED) is 0.759. The molecule has 0 aromatic heterocycles. The molecule has 26 heavy (non-hydrogen) atoms. The molecule has 2 aromatic carbocycles. The molecule has 0 radical (unpaired) electrons. The van der Waals surface area contributed by atoms with Crippen molar-refractivity contribution in [1.29, 1.82) is 0 Å². The number of nitrogens with zero attached hydrogens (tertiary/aromatic N) is 1. The van der Waals surface area contributed by atoms with Gasteiger partial charge >= 0.3 is 0 Å². The van der Waals surface area contributed by atoms with Gasteiger partial charge in [-0.25, -0.2) is 4.39 Å². The van der Waals surface area contributed by atoms with Crippen LogP contribution in [0.3, 0.4) is 0 Å². The van der Waals surface area contributed by atoms with Crippen molar-refractivity contribution in [1.82, 2.24) is 0 Å². The van der Waals surface area contributed by atoms with Crippen LogP contribution in [0.4, 0.5) is 10.1 Å². The third-order valence-electron chi connectivity index (χ3n) is 4.45. The Hall–Kier alpha value is -2.34. The van der Waals surface area contributed by atoms with Gasteiger partial charge in [0.15, 0.2) is 0 Å². The summed E-state index contributed by atoms with van der Waals surface area (Å²) < 4.78 is 13.2. The summed E-state index contributed by atoms with van der Waals surface area (Å²) in [5.74, 6) is -0.738. The number of amides is 2. The number of benzene rings is 2. The number of carbonyl (C=O) groups is 2. The molecule has 6 heteroatoms. The summed E-state index contributed by atoms with van der Waals surface area (Å²) in [6.45, 7) is 0.185. The second kappa shape index (κ2) is 8.36. The molecular weight excluding hydrogens is 351 g/mol. The highest BCUT2D eigenvalue weighted by atomic mass is 32.2. The van der Waals surface area contributed by atoms with E-state index in [2.05, 4.69) is 12.1 Å². The molecule has 0 saturated carbocycles. The van der Waals surface area contributed by atoms with Crippen LogP contribution in [-0.4, -0.2) is 24.1 Å². The zero-order valence-electron chi connectivity index (χ0n) is 14.4. The topological polar surface area (TPSA) is 63.4 Å². The third-order valence-corrected chi connectivity index (χ3v) is 5.43. The number of carbonyl (C=O) groups excluding carboxylic acids is 2. The summed E-state index contributed by atoms with van der Waals surface area (Å²) in [6.07, 6.45) is 3.48. The molecule has 0 fully saturated rings. The van der Waals surface area contributed by atoms with Gasteiger partial charge in [0.25, 0.3) is 0 Å². The molecule has 0 spiro atoms. The largest absolute Gasteiger partial charge is 0.370 e. The molecule has 0 saturated heterocycles. The van der Waals surface area contributed by atoms with E-state index < -0.39 is 5.91 Å². The van der Waals surface area contributed by atoms with Gasteiger partial charge in [0.2, 0.25) is 11.8 Å². The maximum absolute atomic E-state index is 13.2. The van der Waals surface area contributed by atoms with Crippen LogP contribution in [0.2, 0.25) is 0 Å². The Morgan fingerprint density at radius 3 is 2.54 bits per heavy atom. The number of fused-ring (bicyclic) bond motifs is 1. The Kier molecular flexibility index (Phi) is 5.93. The number of anilines is 1. The van der Waals surface area contributed by atoms with E-state index in [1.165, 1.54) is 58.5 Å². The minimum Gasteiger partial charge on any atom is -0.370 e. The molecule has 0 aliphatic heterocycles. The molecule has 2 N–H and O–H groups in total. The van der Waals surface area contributed by atoms with E-state index in [0.29, 0.717) is 5.69 Å². The Morgan fingerprint density at radius 1 is 1.08 bits per heavy atom. The summed E-state index contributed by atoms with van der Waals surface area (Å²) in [7, 11) is 0. The van der Waals surface area contributed by atoms with Crippen molar-refractivity contribution in [2.75, 3.05) is 17.2 Å². The molecule has 3 rings (SSSR count). The van der Waals surface area contributed by atoms with E-state index in [0.717, 1.165) is 17.7 Å². The lowest BCUT2D eigenvalue weighted by atomic mass is 10.1. The number of halogens is 1. The Bertz CT molecular complexity index is 808. The summed E-state index contributed by atoms with van der Waals surface area (Å²) in [6, 6.07) is 12.0. The van der Waals surface area contributed by atoms with Gasteiger partial charge in [-0.05, 0) is 66.8 Å². The number of nitrogens with two attached hydrogens (primary N) is 1. The van der Waals surface area contributed by atoms with Crippen LogP contribution in [0.25, 0.3) is 0 Å². The fourth-order valence-electron chi connectivity index (χ4n) is 3.10. The van der Waals surface area contributed by atoms with Gasteiger partial charge in [0, 0.05) is 23.5 Å². The van der Waals surface area contributed by atoms with Crippen LogP contribution < -0.4 is 10.6 Å². The molecule has 136 valence electrons. The van der Waals surface area contributed by atoms with Gasteiger partial charge < -0.3 is 10.6 Å². The lowest BCUT2D eigenvalue weighted by Crippen LogP contribution is -2.35. The SMILES string of the molecule is NC(=O)CCN(C(=O)CSc1ccc2c(c1)CCC2)c1ccc(F)cc1. The van der Waals surface area contributed by atoms with Crippen LogP contribution in [0.15, 0.2) is 47.4 Å². The van der Waals surface area contributed by atoms with Crippen molar-refractivity contribution in [2.24, 2.45) is 5.73 Å². The molecule has 0 unspecified atom stereocenters.